The third-order valence-electron chi connectivity index (χ3n) is 4.26. The maximum atomic E-state index is 10.7. The Morgan fingerprint density at radius 1 is 1.29 bits per heavy atom. The van der Waals surface area contributed by atoms with E-state index in [1.54, 1.807) is 19.1 Å². The summed E-state index contributed by atoms with van der Waals surface area (Å²) in [4.78, 5) is 26.6. The number of imidazole rings is 1. The Morgan fingerprint density at radius 3 is 2.46 bits per heavy atom. The molecule has 1 aromatic heterocycles. The lowest BCUT2D eigenvalue weighted by molar-refractivity contribution is -0.392. The first-order valence-corrected chi connectivity index (χ1v) is 8.82. The highest BCUT2D eigenvalue weighted by Gasteiger charge is 2.15. The SMILES string of the molecule is Cc1ncc([N+](=O)[O-])n1CCO.O=C(O)c1ccc(CN2CCOCC2)cc1. The number of aliphatic hydroxyl groups is 1. The minimum atomic E-state index is -0.877. The first-order valence-electron chi connectivity index (χ1n) is 8.82. The van der Waals surface area contributed by atoms with Gasteiger partial charge in [0.05, 0.1) is 25.4 Å². The van der Waals surface area contributed by atoms with Crippen LogP contribution < -0.4 is 0 Å². The zero-order valence-corrected chi connectivity index (χ0v) is 15.7. The zero-order valence-electron chi connectivity index (χ0n) is 15.7. The number of hydrogen-bond donors (Lipinski definition) is 2. The van der Waals surface area contributed by atoms with Crippen molar-refractivity contribution in [1.82, 2.24) is 14.5 Å². The van der Waals surface area contributed by atoms with E-state index in [4.69, 9.17) is 14.9 Å². The van der Waals surface area contributed by atoms with Gasteiger partial charge in [0.1, 0.15) is 12.7 Å². The predicted molar refractivity (Wildman–Crippen MR) is 100 cm³/mol. The minimum absolute atomic E-state index is 0.0819. The summed E-state index contributed by atoms with van der Waals surface area (Å²) < 4.78 is 6.63. The van der Waals surface area contributed by atoms with Crippen molar-refractivity contribution in [1.29, 1.82) is 0 Å². The standard InChI is InChI=1S/C12H15NO3.C6H9N3O3/c14-12(15)11-3-1-10(2-4-11)9-13-5-7-16-8-6-13;1-5-7-4-6(9(11)12)8(5)2-3-10/h1-4H,5-9H2,(H,14,15);4,10H,2-3H2,1H3. The molecule has 2 N–H and O–H groups in total. The van der Waals surface area contributed by atoms with Crippen molar-refractivity contribution in [2.75, 3.05) is 32.9 Å². The number of aliphatic hydroxyl groups excluding tert-OH is 1. The molecule has 0 saturated carbocycles. The van der Waals surface area contributed by atoms with Gasteiger partial charge in [0.15, 0.2) is 5.82 Å². The van der Waals surface area contributed by atoms with E-state index in [0.717, 1.165) is 38.4 Å². The lowest BCUT2D eigenvalue weighted by atomic mass is 10.1. The number of ether oxygens (including phenoxy) is 1. The molecule has 152 valence electrons. The molecule has 2 heterocycles. The Morgan fingerprint density at radius 2 is 1.93 bits per heavy atom. The van der Waals surface area contributed by atoms with Crippen LogP contribution in [0.25, 0.3) is 0 Å². The van der Waals surface area contributed by atoms with E-state index >= 15 is 0 Å². The summed E-state index contributed by atoms with van der Waals surface area (Å²) in [6, 6.07) is 7.05. The second-order valence-electron chi connectivity index (χ2n) is 6.19. The molecule has 1 aliphatic heterocycles. The van der Waals surface area contributed by atoms with Crippen molar-refractivity contribution in [3.05, 3.63) is 57.5 Å². The smallest absolute Gasteiger partial charge is 0.342 e. The van der Waals surface area contributed by atoms with E-state index < -0.39 is 10.9 Å². The average Bonchev–Trinajstić information content (AvgIpc) is 3.05. The molecule has 10 nitrogen and oxygen atoms in total. The molecule has 0 unspecified atom stereocenters. The largest absolute Gasteiger partial charge is 0.478 e. The van der Waals surface area contributed by atoms with Gasteiger partial charge in [0.2, 0.25) is 0 Å². The normalized spacial score (nSPS) is 14.2. The van der Waals surface area contributed by atoms with Gasteiger partial charge in [-0.25, -0.2) is 14.3 Å². The van der Waals surface area contributed by atoms with Gasteiger partial charge in [-0.2, -0.15) is 0 Å². The quantitative estimate of drug-likeness (QED) is 0.556. The molecule has 0 radical (unpaired) electrons. The fourth-order valence-corrected chi connectivity index (χ4v) is 2.75. The molecule has 28 heavy (non-hydrogen) atoms. The van der Waals surface area contributed by atoms with E-state index in [9.17, 15) is 14.9 Å². The van der Waals surface area contributed by atoms with Gasteiger partial charge in [-0.05, 0) is 22.6 Å². The van der Waals surface area contributed by atoms with E-state index in [1.165, 1.54) is 10.8 Å². The van der Waals surface area contributed by atoms with Crippen molar-refractivity contribution in [3.8, 4) is 0 Å². The molecule has 0 spiro atoms. The topological polar surface area (TPSA) is 131 Å². The number of carboxylic acids is 1. The molecule has 2 aromatic rings. The highest BCUT2D eigenvalue weighted by Crippen LogP contribution is 2.12. The summed E-state index contributed by atoms with van der Waals surface area (Å²) in [5.41, 5.74) is 1.48. The molecular formula is C18H24N4O6. The lowest BCUT2D eigenvalue weighted by Gasteiger charge is -2.26. The van der Waals surface area contributed by atoms with Crippen LogP contribution in [-0.2, 0) is 17.8 Å². The fourth-order valence-electron chi connectivity index (χ4n) is 2.75. The van der Waals surface area contributed by atoms with E-state index in [2.05, 4.69) is 9.88 Å². The summed E-state index contributed by atoms with van der Waals surface area (Å²) in [5.74, 6) is -0.421. The van der Waals surface area contributed by atoms with Crippen LogP contribution in [0.5, 0.6) is 0 Å². The second kappa shape index (κ2) is 10.5. The van der Waals surface area contributed by atoms with Gasteiger partial charge in [-0.15, -0.1) is 0 Å². The number of carboxylic acid groups (broad SMARTS) is 1. The molecule has 0 bridgehead atoms. The molecule has 1 aliphatic rings. The highest BCUT2D eigenvalue weighted by molar-refractivity contribution is 5.87. The first-order chi connectivity index (χ1) is 13.4. The van der Waals surface area contributed by atoms with Gasteiger partial charge >= 0.3 is 11.8 Å². The van der Waals surface area contributed by atoms with Crippen LogP contribution in [0.15, 0.2) is 30.5 Å². The molecule has 0 amide bonds. The molecule has 10 heteroatoms. The summed E-state index contributed by atoms with van der Waals surface area (Å²) in [6.45, 7) is 6.06. The number of morpholine rings is 1. The van der Waals surface area contributed by atoms with Crippen molar-refractivity contribution in [2.24, 2.45) is 0 Å². The Balaban J connectivity index is 0.000000209. The van der Waals surface area contributed by atoms with Gasteiger partial charge in [-0.1, -0.05) is 12.1 Å². The number of aromatic nitrogens is 2. The first kappa shape index (κ1) is 21.5. The summed E-state index contributed by atoms with van der Waals surface area (Å²) >= 11 is 0. The Kier molecular flexibility index (Phi) is 8.05. The van der Waals surface area contributed by atoms with Crippen LogP contribution in [-0.4, -0.2) is 68.5 Å². The minimum Gasteiger partial charge on any atom is -0.478 e. The van der Waals surface area contributed by atoms with Crippen LogP contribution in [0.3, 0.4) is 0 Å². The van der Waals surface area contributed by atoms with Gasteiger partial charge < -0.3 is 25.1 Å². The Bertz CT molecular complexity index is 784. The third-order valence-corrected chi connectivity index (χ3v) is 4.26. The molecule has 0 atom stereocenters. The van der Waals surface area contributed by atoms with Gasteiger partial charge in [0, 0.05) is 26.6 Å². The number of carbonyl (C=O) groups is 1. The van der Waals surface area contributed by atoms with E-state index in [-0.39, 0.29) is 19.0 Å². The van der Waals surface area contributed by atoms with Gasteiger partial charge in [0.25, 0.3) is 0 Å². The van der Waals surface area contributed by atoms with Crippen molar-refractivity contribution >= 4 is 11.8 Å². The molecule has 3 rings (SSSR count). The highest BCUT2D eigenvalue weighted by atomic mass is 16.6. The molecular weight excluding hydrogens is 368 g/mol. The molecule has 1 aromatic carbocycles. The van der Waals surface area contributed by atoms with Crippen LogP contribution in [0.4, 0.5) is 5.82 Å². The summed E-state index contributed by atoms with van der Waals surface area (Å²) in [5, 5.41) is 27.7. The van der Waals surface area contributed by atoms with Crippen molar-refractivity contribution in [2.45, 2.75) is 20.0 Å². The van der Waals surface area contributed by atoms with Crippen LogP contribution in [0, 0.1) is 17.0 Å². The Hall–Kier alpha value is -2.82. The number of nitrogens with zero attached hydrogens (tertiary/aromatic N) is 4. The maximum Gasteiger partial charge on any atom is 0.342 e. The van der Waals surface area contributed by atoms with Crippen molar-refractivity contribution < 1.29 is 24.7 Å². The summed E-state index contributed by atoms with van der Waals surface area (Å²) in [6.07, 6.45) is 1.19. The predicted octanol–water partition coefficient (Wildman–Crippen LogP) is 1.31. The van der Waals surface area contributed by atoms with E-state index in [1.807, 2.05) is 12.1 Å². The van der Waals surface area contributed by atoms with Crippen LogP contribution in [0.1, 0.15) is 21.7 Å². The lowest BCUT2D eigenvalue weighted by Crippen LogP contribution is -2.35. The molecule has 0 aliphatic carbocycles. The number of rotatable bonds is 6. The van der Waals surface area contributed by atoms with E-state index in [0.29, 0.717) is 11.4 Å². The fraction of sp³-hybridized carbons (Fsp3) is 0.444. The summed E-state index contributed by atoms with van der Waals surface area (Å²) in [7, 11) is 0. The monoisotopic (exact) mass is 392 g/mol. The number of hydrogen-bond acceptors (Lipinski definition) is 7. The maximum absolute atomic E-state index is 10.7. The Labute approximate surface area is 162 Å². The number of nitro groups is 1. The number of aryl methyl sites for hydroxylation is 1. The number of aromatic carboxylic acids is 1. The van der Waals surface area contributed by atoms with Crippen LogP contribution >= 0.6 is 0 Å². The third kappa shape index (κ3) is 6.12. The average molecular weight is 392 g/mol. The van der Waals surface area contributed by atoms with Crippen molar-refractivity contribution in [3.63, 3.8) is 0 Å². The molecule has 1 fully saturated rings. The molecule has 1 saturated heterocycles. The zero-order chi connectivity index (χ0) is 20.5. The number of benzene rings is 1. The van der Waals surface area contributed by atoms with Crippen LogP contribution in [0.2, 0.25) is 0 Å². The van der Waals surface area contributed by atoms with Gasteiger partial charge in [-0.3, -0.25) is 4.90 Å². The second-order valence-corrected chi connectivity index (χ2v) is 6.19.